The van der Waals surface area contributed by atoms with Gasteiger partial charge in [0.1, 0.15) is 13.2 Å². The maximum absolute atomic E-state index is 12.1. The number of ether oxygens (including phenoxy) is 2. The van der Waals surface area contributed by atoms with Gasteiger partial charge in [0.15, 0.2) is 0 Å². The van der Waals surface area contributed by atoms with Gasteiger partial charge in [-0.15, -0.1) is 0 Å². The molecule has 0 bridgehead atoms. The summed E-state index contributed by atoms with van der Waals surface area (Å²) in [4.78, 5) is 35.2. The van der Waals surface area contributed by atoms with Crippen LogP contribution in [0.15, 0.2) is 0 Å². The normalized spacial score (nSPS) is 22.0. The summed E-state index contributed by atoms with van der Waals surface area (Å²) in [5, 5.41) is 9.18. The largest absolute Gasteiger partial charge is 0.481 e. The fourth-order valence-corrected chi connectivity index (χ4v) is 3.22. The van der Waals surface area contributed by atoms with Gasteiger partial charge in [-0.3, -0.25) is 14.4 Å². The van der Waals surface area contributed by atoms with Gasteiger partial charge in [0.05, 0.1) is 17.8 Å². The fourth-order valence-electron chi connectivity index (χ4n) is 3.22. The molecule has 1 saturated carbocycles. The van der Waals surface area contributed by atoms with Crippen LogP contribution >= 0.6 is 0 Å². The average Bonchev–Trinajstić information content (AvgIpc) is 2.55. The Balaban J connectivity index is 2.34. The molecule has 0 heterocycles. The Morgan fingerprint density at radius 1 is 1.04 bits per heavy atom. The van der Waals surface area contributed by atoms with E-state index in [1.165, 1.54) is 0 Å². The minimum Gasteiger partial charge on any atom is -0.481 e. The van der Waals surface area contributed by atoms with Crippen molar-refractivity contribution in [2.24, 2.45) is 23.7 Å². The third-order valence-corrected chi connectivity index (χ3v) is 4.54. The molecule has 0 aromatic rings. The summed E-state index contributed by atoms with van der Waals surface area (Å²) in [6, 6.07) is 0. The number of esters is 2. The zero-order chi connectivity index (χ0) is 18.1. The maximum Gasteiger partial charge on any atom is 0.309 e. The molecule has 6 nitrogen and oxygen atoms in total. The van der Waals surface area contributed by atoms with E-state index in [4.69, 9.17) is 9.47 Å². The molecule has 0 spiro atoms. The molecule has 0 aromatic carbocycles. The first-order chi connectivity index (χ1) is 11.4. The van der Waals surface area contributed by atoms with E-state index in [-0.39, 0.29) is 25.1 Å². The van der Waals surface area contributed by atoms with Gasteiger partial charge in [0.25, 0.3) is 0 Å². The van der Waals surface area contributed by atoms with Crippen LogP contribution in [0.2, 0.25) is 0 Å². The lowest BCUT2D eigenvalue weighted by atomic mass is 9.79. The van der Waals surface area contributed by atoms with E-state index in [0.29, 0.717) is 18.8 Å². The maximum atomic E-state index is 12.1. The summed E-state index contributed by atoms with van der Waals surface area (Å²) in [6.45, 7) is 6.06. The van der Waals surface area contributed by atoms with Crippen molar-refractivity contribution in [2.75, 3.05) is 13.2 Å². The van der Waals surface area contributed by atoms with Crippen LogP contribution in [0.3, 0.4) is 0 Å². The van der Waals surface area contributed by atoms with Crippen molar-refractivity contribution in [3.8, 4) is 0 Å². The monoisotopic (exact) mass is 342 g/mol. The Morgan fingerprint density at radius 2 is 1.62 bits per heavy atom. The van der Waals surface area contributed by atoms with Gasteiger partial charge < -0.3 is 14.6 Å². The Kier molecular flexibility index (Phi) is 8.79. The molecular formula is C18H30O6. The molecule has 3 unspecified atom stereocenters. The molecule has 0 aliphatic heterocycles. The highest BCUT2D eigenvalue weighted by atomic mass is 16.6. The lowest BCUT2D eigenvalue weighted by Crippen LogP contribution is -2.34. The van der Waals surface area contributed by atoms with E-state index < -0.39 is 23.8 Å². The summed E-state index contributed by atoms with van der Waals surface area (Å²) in [5.74, 6) is -2.66. The van der Waals surface area contributed by atoms with Crippen LogP contribution < -0.4 is 0 Å². The van der Waals surface area contributed by atoms with Crippen molar-refractivity contribution in [2.45, 2.75) is 59.3 Å². The summed E-state index contributed by atoms with van der Waals surface area (Å²) in [7, 11) is 0. The highest BCUT2D eigenvalue weighted by Gasteiger charge is 2.36. The van der Waals surface area contributed by atoms with Crippen molar-refractivity contribution in [3.63, 3.8) is 0 Å². The number of rotatable bonds is 9. The lowest BCUT2D eigenvalue weighted by molar-refractivity contribution is -0.163. The standard InChI is InChI=1S/C18H30O6/c1-4-13(11-12(2)3)17(21)23-9-10-24-18(22)15-8-6-5-7-14(15)16(19)20/h12-15H,4-11H2,1-3H3,(H,19,20). The van der Waals surface area contributed by atoms with Gasteiger partial charge in [0.2, 0.25) is 0 Å². The van der Waals surface area contributed by atoms with E-state index in [1.807, 2.05) is 6.92 Å². The first-order valence-electron chi connectivity index (χ1n) is 8.92. The Hall–Kier alpha value is -1.59. The topological polar surface area (TPSA) is 89.9 Å². The predicted molar refractivity (Wildman–Crippen MR) is 88.2 cm³/mol. The second-order valence-electron chi connectivity index (χ2n) is 6.91. The molecule has 1 aliphatic carbocycles. The first kappa shape index (κ1) is 20.5. The molecule has 0 amide bonds. The van der Waals surface area contributed by atoms with Crippen molar-refractivity contribution in [1.82, 2.24) is 0 Å². The third-order valence-electron chi connectivity index (χ3n) is 4.54. The first-order valence-corrected chi connectivity index (χ1v) is 8.92. The van der Waals surface area contributed by atoms with Gasteiger partial charge in [-0.05, 0) is 31.6 Å². The highest BCUT2D eigenvalue weighted by molar-refractivity contribution is 5.81. The van der Waals surface area contributed by atoms with Crippen LogP contribution in [0.25, 0.3) is 0 Å². The van der Waals surface area contributed by atoms with E-state index >= 15 is 0 Å². The number of hydrogen-bond donors (Lipinski definition) is 1. The van der Waals surface area contributed by atoms with Crippen LogP contribution in [-0.4, -0.2) is 36.2 Å². The number of aliphatic carboxylic acids is 1. The zero-order valence-electron chi connectivity index (χ0n) is 15.0. The molecule has 24 heavy (non-hydrogen) atoms. The Morgan fingerprint density at radius 3 is 2.17 bits per heavy atom. The van der Waals surface area contributed by atoms with Gasteiger partial charge in [-0.2, -0.15) is 0 Å². The zero-order valence-corrected chi connectivity index (χ0v) is 15.0. The SMILES string of the molecule is CCC(CC(C)C)C(=O)OCCOC(=O)C1CCCCC1C(=O)O. The van der Waals surface area contributed by atoms with Gasteiger partial charge in [-0.1, -0.05) is 33.6 Å². The van der Waals surface area contributed by atoms with Crippen molar-refractivity contribution >= 4 is 17.9 Å². The van der Waals surface area contributed by atoms with Crippen LogP contribution in [0.5, 0.6) is 0 Å². The number of carboxylic acid groups (broad SMARTS) is 1. The molecule has 0 radical (unpaired) electrons. The van der Waals surface area contributed by atoms with Gasteiger partial charge in [0, 0.05) is 0 Å². The van der Waals surface area contributed by atoms with E-state index in [1.54, 1.807) is 0 Å². The third kappa shape index (κ3) is 6.49. The molecule has 1 N–H and O–H groups in total. The van der Waals surface area contributed by atoms with Crippen LogP contribution in [0.1, 0.15) is 59.3 Å². The minimum atomic E-state index is -0.942. The van der Waals surface area contributed by atoms with Crippen molar-refractivity contribution in [3.05, 3.63) is 0 Å². The van der Waals surface area contributed by atoms with E-state index in [0.717, 1.165) is 25.7 Å². The molecule has 1 fully saturated rings. The van der Waals surface area contributed by atoms with E-state index in [2.05, 4.69) is 13.8 Å². The highest BCUT2D eigenvalue weighted by Crippen LogP contribution is 2.31. The van der Waals surface area contributed by atoms with Crippen molar-refractivity contribution in [1.29, 1.82) is 0 Å². The summed E-state index contributed by atoms with van der Waals surface area (Å²) >= 11 is 0. The average molecular weight is 342 g/mol. The summed E-state index contributed by atoms with van der Waals surface area (Å²) in [5.41, 5.74) is 0. The van der Waals surface area contributed by atoms with Crippen molar-refractivity contribution < 1.29 is 29.0 Å². The van der Waals surface area contributed by atoms with Crippen LogP contribution in [-0.2, 0) is 23.9 Å². The molecule has 3 atom stereocenters. The molecule has 1 rings (SSSR count). The number of carbonyl (C=O) groups excluding carboxylic acids is 2. The fraction of sp³-hybridized carbons (Fsp3) is 0.833. The van der Waals surface area contributed by atoms with E-state index in [9.17, 15) is 19.5 Å². The number of carbonyl (C=O) groups is 3. The molecule has 0 saturated heterocycles. The minimum absolute atomic E-state index is 0.0175. The lowest BCUT2D eigenvalue weighted by Gasteiger charge is -2.26. The second kappa shape index (κ2) is 10.3. The van der Waals surface area contributed by atoms with Gasteiger partial charge >= 0.3 is 17.9 Å². The van der Waals surface area contributed by atoms with Crippen LogP contribution in [0.4, 0.5) is 0 Å². The number of hydrogen-bond acceptors (Lipinski definition) is 5. The predicted octanol–water partition coefficient (Wildman–Crippen LogP) is 3.04. The Labute approximate surface area is 143 Å². The number of carboxylic acids is 1. The molecule has 138 valence electrons. The van der Waals surface area contributed by atoms with Gasteiger partial charge in [-0.25, -0.2) is 0 Å². The Bertz CT molecular complexity index is 431. The molecular weight excluding hydrogens is 312 g/mol. The molecule has 0 aromatic heterocycles. The smallest absolute Gasteiger partial charge is 0.309 e. The molecule has 6 heteroatoms. The van der Waals surface area contributed by atoms with Crippen LogP contribution in [0, 0.1) is 23.7 Å². The summed E-state index contributed by atoms with van der Waals surface area (Å²) < 4.78 is 10.3. The second-order valence-corrected chi connectivity index (χ2v) is 6.91. The quantitative estimate of drug-likeness (QED) is 0.512. The molecule has 1 aliphatic rings. The summed E-state index contributed by atoms with van der Waals surface area (Å²) in [6.07, 6.45) is 4.22.